The Hall–Kier alpha value is -1.92. The van der Waals surface area contributed by atoms with E-state index in [1.165, 1.54) is 0 Å². The van der Waals surface area contributed by atoms with E-state index < -0.39 is 0 Å². The van der Waals surface area contributed by atoms with Gasteiger partial charge in [0.25, 0.3) is 0 Å². The number of rotatable bonds is 5. The lowest BCUT2D eigenvalue weighted by molar-refractivity contribution is 0.313. The smallest absolute Gasteiger partial charge is 0.170 e. The van der Waals surface area contributed by atoms with Crippen LogP contribution < -0.4 is 5.73 Å². The van der Waals surface area contributed by atoms with Crippen molar-refractivity contribution >= 4 is 17.2 Å². The standard InChI is InChI=1S/C13H16N4OS/c1-17(7-11-8-19-9-15-11)6-10-4-2-3-5-12(10)13(14)16-18/h2-5,8-9,18H,6-7H2,1H3,(H2,14,16). The van der Waals surface area contributed by atoms with Gasteiger partial charge in [-0.05, 0) is 12.6 Å². The maximum absolute atomic E-state index is 8.79. The average molecular weight is 276 g/mol. The highest BCUT2D eigenvalue weighted by molar-refractivity contribution is 7.07. The van der Waals surface area contributed by atoms with Gasteiger partial charge in [-0.15, -0.1) is 11.3 Å². The first-order valence-corrected chi connectivity index (χ1v) is 6.76. The van der Waals surface area contributed by atoms with Gasteiger partial charge in [0.05, 0.1) is 11.2 Å². The van der Waals surface area contributed by atoms with E-state index in [1.807, 2.05) is 42.2 Å². The number of nitrogens with two attached hydrogens (primary N) is 1. The Morgan fingerprint density at radius 1 is 1.42 bits per heavy atom. The van der Waals surface area contributed by atoms with Gasteiger partial charge in [0.2, 0.25) is 0 Å². The summed E-state index contributed by atoms with van der Waals surface area (Å²) in [5.41, 5.74) is 10.3. The van der Waals surface area contributed by atoms with Crippen molar-refractivity contribution < 1.29 is 5.21 Å². The molecule has 1 heterocycles. The highest BCUT2D eigenvalue weighted by atomic mass is 32.1. The monoisotopic (exact) mass is 276 g/mol. The molecule has 2 aromatic rings. The molecule has 0 saturated carbocycles. The van der Waals surface area contributed by atoms with Gasteiger partial charge in [0.15, 0.2) is 5.84 Å². The third-order valence-electron chi connectivity index (χ3n) is 2.76. The van der Waals surface area contributed by atoms with E-state index in [2.05, 4.69) is 15.0 Å². The van der Waals surface area contributed by atoms with E-state index in [-0.39, 0.29) is 5.84 Å². The number of nitrogens with zero attached hydrogens (tertiary/aromatic N) is 3. The lowest BCUT2D eigenvalue weighted by Gasteiger charge is -2.17. The molecule has 1 aromatic heterocycles. The van der Waals surface area contributed by atoms with Crippen molar-refractivity contribution in [3.8, 4) is 0 Å². The zero-order valence-corrected chi connectivity index (χ0v) is 11.5. The van der Waals surface area contributed by atoms with Crippen LogP contribution in [0.4, 0.5) is 0 Å². The van der Waals surface area contributed by atoms with E-state index in [0.29, 0.717) is 6.54 Å². The van der Waals surface area contributed by atoms with Crippen molar-refractivity contribution in [3.05, 3.63) is 52.0 Å². The molecular weight excluding hydrogens is 260 g/mol. The van der Waals surface area contributed by atoms with Gasteiger partial charge in [0.1, 0.15) is 0 Å². The molecule has 0 bridgehead atoms. The summed E-state index contributed by atoms with van der Waals surface area (Å²) in [4.78, 5) is 6.40. The molecule has 0 aliphatic carbocycles. The average Bonchev–Trinajstić information content (AvgIpc) is 2.91. The molecule has 3 N–H and O–H groups in total. The number of hydrogen-bond donors (Lipinski definition) is 2. The third-order valence-corrected chi connectivity index (χ3v) is 3.39. The lowest BCUT2D eigenvalue weighted by atomic mass is 10.1. The Bertz CT molecular complexity index is 554. The number of amidine groups is 1. The van der Waals surface area contributed by atoms with E-state index in [1.54, 1.807) is 11.3 Å². The summed E-state index contributed by atoms with van der Waals surface area (Å²) in [5, 5.41) is 13.9. The van der Waals surface area contributed by atoms with Crippen LogP contribution in [0, 0.1) is 0 Å². The molecule has 0 fully saturated rings. The minimum atomic E-state index is 0.137. The Kier molecular flexibility index (Phi) is 4.48. The molecule has 0 aliphatic heterocycles. The van der Waals surface area contributed by atoms with Crippen molar-refractivity contribution in [2.24, 2.45) is 10.9 Å². The Morgan fingerprint density at radius 2 is 2.21 bits per heavy atom. The van der Waals surface area contributed by atoms with Crippen LogP contribution in [0.5, 0.6) is 0 Å². The fourth-order valence-corrected chi connectivity index (χ4v) is 2.45. The van der Waals surface area contributed by atoms with Gasteiger partial charge in [0, 0.05) is 24.0 Å². The van der Waals surface area contributed by atoms with Crippen molar-refractivity contribution in [1.82, 2.24) is 9.88 Å². The summed E-state index contributed by atoms with van der Waals surface area (Å²) in [5.74, 6) is 0.137. The molecule has 0 radical (unpaired) electrons. The van der Waals surface area contributed by atoms with Gasteiger partial charge in [-0.2, -0.15) is 0 Å². The summed E-state index contributed by atoms with van der Waals surface area (Å²) in [6, 6.07) is 7.64. The predicted molar refractivity (Wildman–Crippen MR) is 76.2 cm³/mol. The van der Waals surface area contributed by atoms with Crippen LogP contribution in [0.2, 0.25) is 0 Å². The number of oxime groups is 1. The van der Waals surface area contributed by atoms with Crippen molar-refractivity contribution in [3.63, 3.8) is 0 Å². The van der Waals surface area contributed by atoms with Crippen LogP contribution in [0.25, 0.3) is 0 Å². The van der Waals surface area contributed by atoms with Crippen LogP contribution in [-0.2, 0) is 13.1 Å². The van der Waals surface area contributed by atoms with E-state index in [9.17, 15) is 0 Å². The molecule has 2 rings (SSSR count). The molecule has 1 aromatic carbocycles. The van der Waals surface area contributed by atoms with Gasteiger partial charge >= 0.3 is 0 Å². The topological polar surface area (TPSA) is 74.7 Å². The zero-order valence-electron chi connectivity index (χ0n) is 10.7. The number of hydrogen-bond acceptors (Lipinski definition) is 5. The number of benzene rings is 1. The summed E-state index contributed by atoms with van der Waals surface area (Å²) >= 11 is 1.59. The first-order chi connectivity index (χ1) is 9.20. The molecule has 0 amide bonds. The van der Waals surface area contributed by atoms with Crippen LogP contribution in [0.3, 0.4) is 0 Å². The van der Waals surface area contributed by atoms with Gasteiger partial charge < -0.3 is 10.9 Å². The van der Waals surface area contributed by atoms with Crippen molar-refractivity contribution in [2.45, 2.75) is 13.1 Å². The first-order valence-electron chi connectivity index (χ1n) is 5.82. The summed E-state index contributed by atoms with van der Waals surface area (Å²) in [7, 11) is 2.02. The quantitative estimate of drug-likeness (QED) is 0.378. The molecule has 5 nitrogen and oxygen atoms in total. The lowest BCUT2D eigenvalue weighted by Crippen LogP contribution is -2.21. The van der Waals surface area contributed by atoms with Gasteiger partial charge in [-0.3, -0.25) is 4.90 Å². The van der Waals surface area contributed by atoms with Crippen LogP contribution in [0.1, 0.15) is 16.8 Å². The van der Waals surface area contributed by atoms with Crippen LogP contribution >= 0.6 is 11.3 Å². The SMILES string of the molecule is CN(Cc1cscn1)Cc1ccccc1C(N)=NO. The molecule has 6 heteroatoms. The third kappa shape index (κ3) is 3.52. The second kappa shape index (κ2) is 6.31. The second-order valence-corrected chi connectivity index (χ2v) is 5.01. The van der Waals surface area contributed by atoms with Crippen LogP contribution in [-0.4, -0.2) is 28.0 Å². The molecule has 0 spiro atoms. The normalized spacial score (nSPS) is 12.0. The first kappa shape index (κ1) is 13.5. The molecule has 0 aliphatic rings. The summed E-state index contributed by atoms with van der Waals surface area (Å²) in [6.45, 7) is 1.48. The maximum atomic E-state index is 8.79. The molecular formula is C13H16N4OS. The molecule has 0 unspecified atom stereocenters. The number of thiazole rings is 1. The summed E-state index contributed by atoms with van der Waals surface area (Å²) in [6.07, 6.45) is 0. The second-order valence-electron chi connectivity index (χ2n) is 4.29. The van der Waals surface area contributed by atoms with Crippen LogP contribution in [0.15, 0.2) is 40.3 Å². The molecule has 0 atom stereocenters. The Balaban J connectivity index is 2.10. The Morgan fingerprint density at radius 3 is 2.89 bits per heavy atom. The van der Waals surface area contributed by atoms with Crippen molar-refractivity contribution in [2.75, 3.05) is 7.05 Å². The van der Waals surface area contributed by atoms with E-state index in [0.717, 1.165) is 23.4 Å². The van der Waals surface area contributed by atoms with E-state index >= 15 is 0 Å². The minimum absolute atomic E-state index is 0.137. The molecule has 100 valence electrons. The highest BCUT2D eigenvalue weighted by Gasteiger charge is 2.09. The summed E-state index contributed by atoms with van der Waals surface area (Å²) < 4.78 is 0. The zero-order chi connectivity index (χ0) is 13.7. The molecule has 0 saturated heterocycles. The largest absolute Gasteiger partial charge is 0.409 e. The molecule has 19 heavy (non-hydrogen) atoms. The maximum Gasteiger partial charge on any atom is 0.170 e. The van der Waals surface area contributed by atoms with Crippen molar-refractivity contribution in [1.29, 1.82) is 0 Å². The predicted octanol–water partition coefficient (Wildman–Crippen LogP) is 1.87. The van der Waals surface area contributed by atoms with Gasteiger partial charge in [-0.1, -0.05) is 29.4 Å². The number of aromatic nitrogens is 1. The highest BCUT2D eigenvalue weighted by Crippen LogP contribution is 2.13. The fraction of sp³-hybridized carbons (Fsp3) is 0.231. The van der Waals surface area contributed by atoms with Gasteiger partial charge in [-0.25, -0.2) is 4.98 Å². The fourth-order valence-electron chi connectivity index (χ4n) is 1.90. The minimum Gasteiger partial charge on any atom is -0.409 e. The Labute approximate surface area is 116 Å². The van der Waals surface area contributed by atoms with E-state index in [4.69, 9.17) is 10.9 Å².